The molecule has 1 aliphatic heterocycles. The van der Waals surface area contributed by atoms with E-state index < -0.39 is 23.4 Å². The maximum Gasteiger partial charge on any atom is 0.344 e. The van der Waals surface area contributed by atoms with E-state index in [-0.39, 0.29) is 5.69 Å². The van der Waals surface area contributed by atoms with Crippen molar-refractivity contribution in [3.8, 4) is 0 Å². The molecule has 0 aromatic carbocycles. The summed E-state index contributed by atoms with van der Waals surface area (Å²) in [5.74, 6) is -0.975. The summed E-state index contributed by atoms with van der Waals surface area (Å²) in [7, 11) is 0. The summed E-state index contributed by atoms with van der Waals surface area (Å²) in [6.07, 6.45) is 5.50. The molecule has 1 aromatic heterocycles. The van der Waals surface area contributed by atoms with Gasteiger partial charge in [0, 0.05) is 6.20 Å². The van der Waals surface area contributed by atoms with Gasteiger partial charge in [0.15, 0.2) is 0 Å². The smallest absolute Gasteiger partial charge is 0.344 e. The van der Waals surface area contributed by atoms with Crippen LogP contribution < -0.4 is 10.7 Å². The highest BCUT2D eigenvalue weighted by Gasteiger charge is 2.52. The number of imide groups is 1. The second-order valence-electron chi connectivity index (χ2n) is 5.39. The van der Waals surface area contributed by atoms with Crippen molar-refractivity contribution in [1.29, 1.82) is 0 Å². The van der Waals surface area contributed by atoms with Crippen LogP contribution in [-0.4, -0.2) is 33.4 Å². The van der Waals surface area contributed by atoms with Crippen LogP contribution in [0.2, 0.25) is 5.02 Å². The number of hydrazine groups is 1. The minimum absolute atomic E-state index is 0.185. The van der Waals surface area contributed by atoms with Crippen molar-refractivity contribution < 1.29 is 14.4 Å². The number of nitrogens with one attached hydrogen (secondary N) is 3. The van der Waals surface area contributed by atoms with E-state index in [1.807, 2.05) is 0 Å². The number of nitrogens with zero attached hydrogens (tertiary/aromatic N) is 1. The van der Waals surface area contributed by atoms with Crippen molar-refractivity contribution in [3.05, 3.63) is 23.0 Å². The molecular weight excluding hydrogens is 296 g/mol. The Kier molecular flexibility index (Phi) is 3.36. The van der Waals surface area contributed by atoms with E-state index in [4.69, 9.17) is 11.6 Å². The Labute approximate surface area is 126 Å². The summed E-state index contributed by atoms with van der Waals surface area (Å²) in [6, 6.07) is 0.832. The average molecular weight is 311 g/mol. The van der Waals surface area contributed by atoms with E-state index in [0.29, 0.717) is 17.9 Å². The Hall–Kier alpha value is -2.02. The largest absolute Gasteiger partial charge is 0.356 e. The van der Waals surface area contributed by atoms with Gasteiger partial charge >= 0.3 is 6.03 Å². The molecule has 112 valence electrons. The van der Waals surface area contributed by atoms with Gasteiger partial charge in [-0.1, -0.05) is 30.9 Å². The molecule has 2 heterocycles. The second kappa shape index (κ2) is 5.07. The van der Waals surface area contributed by atoms with Crippen molar-refractivity contribution in [1.82, 2.24) is 20.7 Å². The zero-order valence-electron chi connectivity index (χ0n) is 11.2. The van der Waals surface area contributed by atoms with Crippen molar-refractivity contribution in [2.45, 2.75) is 37.6 Å². The molecule has 8 heteroatoms. The summed E-state index contributed by atoms with van der Waals surface area (Å²) in [5, 5.41) is 3.86. The van der Waals surface area contributed by atoms with Gasteiger partial charge in [-0.3, -0.25) is 15.0 Å². The molecule has 2 aliphatic rings. The van der Waals surface area contributed by atoms with E-state index in [1.165, 1.54) is 12.3 Å². The molecule has 1 saturated carbocycles. The standard InChI is InChI=1S/C13H15ClN4O3/c14-8-6-9(15-7-8)10(19)17-18-11(20)13(16-12(18)21)4-2-1-3-5-13/h6-7,15H,1-5H2,(H,16,21)(H,17,19). The molecule has 1 aromatic rings. The highest BCUT2D eigenvalue weighted by molar-refractivity contribution is 6.31. The van der Waals surface area contributed by atoms with Gasteiger partial charge in [-0.15, -0.1) is 0 Å². The third-order valence-electron chi connectivity index (χ3n) is 3.97. The molecule has 2 fully saturated rings. The van der Waals surface area contributed by atoms with E-state index in [1.54, 1.807) is 0 Å². The van der Waals surface area contributed by atoms with Gasteiger partial charge in [0.25, 0.3) is 11.8 Å². The lowest BCUT2D eigenvalue weighted by Gasteiger charge is -2.30. The predicted octanol–water partition coefficient (Wildman–Crippen LogP) is 1.57. The first kappa shape index (κ1) is 13.9. The fraction of sp³-hybridized carbons (Fsp3) is 0.462. The number of rotatable bonds is 2. The first-order valence-electron chi connectivity index (χ1n) is 6.83. The molecule has 0 unspecified atom stereocenters. The Morgan fingerprint density at radius 1 is 1.29 bits per heavy atom. The number of hydrogen-bond acceptors (Lipinski definition) is 3. The van der Waals surface area contributed by atoms with Crippen LogP contribution >= 0.6 is 11.6 Å². The molecule has 7 nitrogen and oxygen atoms in total. The minimum atomic E-state index is -0.851. The van der Waals surface area contributed by atoms with Crippen LogP contribution in [0, 0.1) is 0 Å². The molecule has 1 aliphatic carbocycles. The third-order valence-corrected chi connectivity index (χ3v) is 4.19. The number of H-pyrrole nitrogens is 1. The zero-order valence-corrected chi connectivity index (χ0v) is 12.0. The van der Waals surface area contributed by atoms with Gasteiger partial charge < -0.3 is 10.3 Å². The number of carbonyl (C=O) groups excluding carboxylic acids is 3. The highest BCUT2D eigenvalue weighted by Crippen LogP contribution is 2.33. The number of carbonyl (C=O) groups is 3. The normalized spacial score (nSPS) is 20.7. The molecule has 0 radical (unpaired) electrons. The van der Waals surface area contributed by atoms with Crippen LogP contribution in [0.3, 0.4) is 0 Å². The van der Waals surface area contributed by atoms with E-state index in [0.717, 1.165) is 24.3 Å². The Balaban J connectivity index is 1.75. The van der Waals surface area contributed by atoms with E-state index in [9.17, 15) is 14.4 Å². The van der Waals surface area contributed by atoms with Gasteiger partial charge in [0.1, 0.15) is 11.2 Å². The first-order chi connectivity index (χ1) is 10.0. The van der Waals surface area contributed by atoms with Crippen LogP contribution in [0.4, 0.5) is 4.79 Å². The molecular formula is C13H15ClN4O3. The lowest BCUT2D eigenvalue weighted by atomic mass is 9.82. The van der Waals surface area contributed by atoms with Gasteiger partial charge in [-0.2, -0.15) is 5.01 Å². The van der Waals surface area contributed by atoms with Crippen LogP contribution in [0.5, 0.6) is 0 Å². The van der Waals surface area contributed by atoms with Crippen molar-refractivity contribution in [2.75, 3.05) is 0 Å². The molecule has 4 amide bonds. The van der Waals surface area contributed by atoms with Gasteiger partial charge in [0.05, 0.1) is 5.02 Å². The zero-order chi connectivity index (χ0) is 15.0. The summed E-state index contributed by atoms with van der Waals surface area (Å²) in [6.45, 7) is 0. The summed E-state index contributed by atoms with van der Waals surface area (Å²) in [4.78, 5) is 39.1. The summed E-state index contributed by atoms with van der Waals surface area (Å²) >= 11 is 5.72. The fourth-order valence-electron chi connectivity index (χ4n) is 2.88. The van der Waals surface area contributed by atoms with Crippen LogP contribution in [0.1, 0.15) is 42.6 Å². The predicted molar refractivity (Wildman–Crippen MR) is 74.5 cm³/mol. The van der Waals surface area contributed by atoms with Gasteiger partial charge in [-0.25, -0.2) is 4.79 Å². The fourth-order valence-corrected chi connectivity index (χ4v) is 3.04. The number of aromatic amines is 1. The Morgan fingerprint density at radius 2 is 2.00 bits per heavy atom. The van der Waals surface area contributed by atoms with Crippen molar-refractivity contribution in [3.63, 3.8) is 0 Å². The van der Waals surface area contributed by atoms with Crippen molar-refractivity contribution in [2.24, 2.45) is 0 Å². The number of hydrogen-bond donors (Lipinski definition) is 3. The van der Waals surface area contributed by atoms with Gasteiger partial charge in [0.2, 0.25) is 0 Å². The van der Waals surface area contributed by atoms with Crippen LogP contribution in [0.25, 0.3) is 0 Å². The quantitative estimate of drug-likeness (QED) is 0.724. The molecule has 21 heavy (non-hydrogen) atoms. The molecule has 3 rings (SSSR count). The molecule has 1 spiro atoms. The van der Waals surface area contributed by atoms with Crippen LogP contribution in [-0.2, 0) is 4.79 Å². The van der Waals surface area contributed by atoms with Crippen LogP contribution in [0.15, 0.2) is 12.3 Å². The highest BCUT2D eigenvalue weighted by atomic mass is 35.5. The number of halogens is 1. The lowest BCUT2D eigenvalue weighted by molar-refractivity contribution is -0.134. The number of aromatic nitrogens is 1. The maximum atomic E-state index is 12.5. The van der Waals surface area contributed by atoms with Crippen molar-refractivity contribution >= 4 is 29.4 Å². The first-order valence-corrected chi connectivity index (χ1v) is 7.21. The van der Waals surface area contributed by atoms with E-state index >= 15 is 0 Å². The summed E-state index contributed by atoms with van der Waals surface area (Å²) in [5.41, 5.74) is 1.66. The van der Waals surface area contributed by atoms with E-state index in [2.05, 4.69) is 15.7 Å². The Bertz CT molecular complexity index is 606. The maximum absolute atomic E-state index is 12.5. The molecule has 0 atom stereocenters. The summed E-state index contributed by atoms with van der Waals surface area (Å²) < 4.78 is 0. The molecule has 3 N–H and O–H groups in total. The van der Waals surface area contributed by atoms with Gasteiger partial charge in [-0.05, 0) is 18.9 Å². The topological polar surface area (TPSA) is 94.3 Å². The number of amides is 4. The molecule has 0 bridgehead atoms. The Morgan fingerprint density at radius 3 is 2.62 bits per heavy atom. The third kappa shape index (κ3) is 2.37. The minimum Gasteiger partial charge on any atom is -0.356 e. The second-order valence-corrected chi connectivity index (χ2v) is 5.82. The SMILES string of the molecule is O=C(NN1C(=O)NC2(CCCCC2)C1=O)c1cc(Cl)c[nH]1. The lowest BCUT2D eigenvalue weighted by Crippen LogP contribution is -2.51. The monoisotopic (exact) mass is 310 g/mol. The molecule has 1 saturated heterocycles. The number of urea groups is 1. The average Bonchev–Trinajstić information content (AvgIpc) is 2.98.